The van der Waals surface area contributed by atoms with Crippen molar-refractivity contribution in [3.05, 3.63) is 59.7 Å². The summed E-state index contributed by atoms with van der Waals surface area (Å²) < 4.78 is 32.7. The van der Waals surface area contributed by atoms with Crippen LogP contribution in [-0.2, 0) is 0 Å². The number of halogens is 2. The normalized spacial score (nSPS) is 15.1. The van der Waals surface area contributed by atoms with Gasteiger partial charge in [-0.05, 0) is 49.4 Å². The van der Waals surface area contributed by atoms with Gasteiger partial charge in [0.05, 0.1) is 5.69 Å². The van der Waals surface area contributed by atoms with Gasteiger partial charge in [-0.25, -0.2) is 8.78 Å². The molecule has 1 aliphatic rings. The van der Waals surface area contributed by atoms with Gasteiger partial charge >= 0.3 is 0 Å². The van der Waals surface area contributed by atoms with Crippen molar-refractivity contribution in [2.75, 3.05) is 44.2 Å². The van der Waals surface area contributed by atoms with Crippen LogP contribution in [0.1, 0.15) is 17.3 Å². The third-order valence-electron chi connectivity index (χ3n) is 4.56. The summed E-state index contributed by atoms with van der Waals surface area (Å²) in [4.78, 5) is 15.6. The number of rotatable bonds is 6. The zero-order chi connectivity index (χ0) is 18.5. The number of carbonyl (C=O) groups excluding carboxylic acids is 1. The zero-order valence-electron chi connectivity index (χ0n) is 14.8. The first-order chi connectivity index (χ1) is 12.5. The van der Waals surface area contributed by atoms with Gasteiger partial charge in [0.1, 0.15) is 24.0 Å². The first-order valence-electron chi connectivity index (χ1n) is 8.69. The van der Waals surface area contributed by atoms with Gasteiger partial charge in [0.25, 0.3) is 0 Å². The number of ketones is 1. The highest BCUT2D eigenvalue weighted by Crippen LogP contribution is 2.22. The molecule has 1 saturated heterocycles. The van der Waals surface area contributed by atoms with Gasteiger partial charge < -0.3 is 9.64 Å². The lowest BCUT2D eigenvalue weighted by Crippen LogP contribution is -2.47. The molecule has 0 aromatic heterocycles. The maximum absolute atomic E-state index is 14.3. The molecule has 0 unspecified atom stereocenters. The fraction of sp³-hybridized carbons (Fsp3) is 0.350. The minimum atomic E-state index is -0.356. The molecule has 2 aromatic carbocycles. The monoisotopic (exact) mass is 360 g/mol. The maximum Gasteiger partial charge on any atom is 0.159 e. The Bertz CT molecular complexity index is 757. The highest BCUT2D eigenvalue weighted by molar-refractivity contribution is 5.94. The summed E-state index contributed by atoms with van der Waals surface area (Å²) in [6, 6.07) is 10.6. The van der Waals surface area contributed by atoms with Gasteiger partial charge in [-0.15, -0.1) is 0 Å². The summed E-state index contributed by atoms with van der Waals surface area (Å²) in [6.45, 7) is 5.76. The van der Waals surface area contributed by atoms with Crippen molar-refractivity contribution in [3.63, 3.8) is 0 Å². The number of nitrogens with zero attached hydrogens (tertiary/aromatic N) is 2. The topological polar surface area (TPSA) is 32.8 Å². The van der Waals surface area contributed by atoms with E-state index in [1.807, 2.05) is 4.90 Å². The summed E-state index contributed by atoms with van der Waals surface area (Å²) >= 11 is 0. The van der Waals surface area contributed by atoms with Crippen LogP contribution in [-0.4, -0.2) is 50.0 Å². The van der Waals surface area contributed by atoms with Crippen molar-refractivity contribution in [1.82, 2.24) is 4.90 Å². The molecule has 0 aliphatic carbocycles. The van der Waals surface area contributed by atoms with E-state index in [4.69, 9.17) is 4.74 Å². The summed E-state index contributed by atoms with van der Waals surface area (Å²) in [7, 11) is 0. The number of hydrogen-bond donors (Lipinski definition) is 0. The average molecular weight is 360 g/mol. The highest BCUT2D eigenvalue weighted by Gasteiger charge is 2.20. The SMILES string of the molecule is CC(=O)c1ccc(N2CCN(CCOc3ccc(F)cc3)CC2)c(F)c1. The number of anilines is 1. The molecule has 6 heteroatoms. The molecule has 26 heavy (non-hydrogen) atoms. The summed E-state index contributed by atoms with van der Waals surface area (Å²) in [6.07, 6.45) is 0. The van der Waals surface area contributed by atoms with E-state index >= 15 is 0 Å². The third kappa shape index (κ3) is 4.58. The smallest absolute Gasteiger partial charge is 0.159 e. The van der Waals surface area contributed by atoms with Crippen LogP contribution in [0.15, 0.2) is 42.5 Å². The van der Waals surface area contributed by atoms with Crippen molar-refractivity contribution in [3.8, 4) is 5.75 Å². The Morgan fingerprint density at radius 1 is 1.04 bits per heavy atom. The van der Waals surface area contributed by atoms with Gasteiger partial charge in [-0.2, -0.15) is 0 Å². The van der Waals surface area contributed by atoms with E-state index in [0.717, 1.165) is 19.6 Å². The standard InChI is InChI=1S/C20H22F2N2O2/c1-15(25)16-2-7-20(19(22)14-16)24-10-8-23(9-11-24)12-13-26-18-5-3-17(21)4-6-18/h2-7,14H,8-13H2,1H3. The van der Waals surface area contributed by atoms with Crippen molar-refractivity contribution in [2.24, 2.45) is 0 Å². The van der Waals surface area contributed by atoms with Crippen LogP contribution in [0, 0.1) is 11.6 Å². The number of hydrogen-bond acceptors (Lipinski definition) is 4. The number of Topliss-reactive ketones (excluding diaryl/α,β-unsaturated/α-hetero) is 1. The molecule has 4 nitrogen and oxygen atoms in total. The molecule has 0 saturated carbocycles. The maximum atomic E-state index is 14.3. The number of carbonyl (C=O) groups is 1. The van der Waals surface area contributed by atoms with E-state index in [-0.39, 0.29) is 17.4 Å². The predicted octanol–water partition coefficient (Wildman–Crippen LogP) is 3.37. The van der Waals surface area contributed by atoms with Gasteiger partial charge in [-0.1, -0.05) is 0 Å². The molecule has 0 radical (unpaired) electrons. The van der Waals surface area contributed by atoms with Crippen molar-refractivity contribution < 1.29 is 18.3 Å². The van der Waals surface area contributed by atoms with E-state index in [2.05, 4.69) is 4.90 Å². The minimum absolute atomic E-state index is 0.138. The van der Waals surface area contributed by atoms with Crippen LogP contribution in [0.4, 0.5) is 14.5 Å². The van der Waals surface area contributed by atoms with E-state index in [0.29, 0.717) is 36.7 Å². The van der Waals surface area contributed by atoms with Gasteiger partial charge in [-0.3, -0.25) is 9.69 Å². The Morgan fingerprint density at radius 2 is 1.73 bits per heavy atom. The number of benzene rings is 2. The molecule has 3 rings (SSSR count). The van der Waals surface area contributed by atoms with E-state index in [1.165, 1.54) is 25.1 Å². The van der Waals surface area contributed by atoms with Crippen LogP contribution in [0.3, 0.4) is 0 Å². The van der Waals surface area contributed by atoms with Crippen LogP contribution in [0.5, 0.6) is 5.75 Å². The molecule has 1 fully saturated rings. The third-order valence-corrected chi connectivity index (χ3v) is 4.56. The zero-order valence-corrected chi connectivity index (χ0v) is 14.8. The van der Waals surface area contributed by atoms with Crippen LogP contribution >= 0.6 is 0 Å². The molecule has 138 valence electrons. The molecule has 0 atom stereocenters. The van der Waals surface area contributed by atoms with Gasteiger partial charge in [0.15, 0.2) is 5.78 Å². The van der Waals surface area contributed by atoms with Gasteiger partial charge in [0, 0.05) is 38.3 Å². The Kier molecular flexibility index (Phi) is 5.83. The molecule has 1 heterocycles. The predicted molar refractivity (Wildman–Crippen MR) is 97.0 cm³/mol. The van der Waals surface area contributed by atoms with Crippen LogP contribution < -0.4 is 9.64 Å². The first kappa shape index (κ1) is 18.3. The Hall–Kier alpha value is -2.47. The van der Waals surface area contributed by atoms with Crippen molar-refractivity contribution in [2.45, 2.75) is 6.92 Å². The quantitative estimate of drug-likeness (QED) is 0.740. The molecular formula is C20H22F2N2O2. The fourth-order valence-electron chi connectivity index (χ4n) is 3.02. The van der Waals surface area contributed by atoms with Crippen LogP contribution in [0.2, 0.25) is 0 Å². The lowest BCUT2D eigenvalue weighted by Gasteiger charge is -2.36. The second kappa shape index (κ2) is 8.27. The molecule has 0 amide bonds. The van der Waals surface area contributed by atoms with Crippen molar-refractivity contribution >= 4 is 11.5 Å². The molecule has 1 aliphatic heterocycles. The fourth-order valence-corrected chi connectivity index (χ4v) is 3.02. The number of piperazine rings is 1. The molecule has 0 spiro atoms. The summed E-state index contributed by atoms with van der Waals surface area (Å²) in [5.41, 5.74) is 0.931. The lowest BCUT2D eigenvalue weighted by molar-refractivity contribution is 0.101. The molecule has 0 N–H and O–H groups in total. The van der Waals surface area contributed by atoms with E-state index < -0.39 is 0 Å². The minimum Gasteiger partial charge on any atom is -0.492 e. The van der Waals surface area contributed by atoms with Crippen molar-refractivity contribution in [1.29, 1.82) is 0 Å². The molecule has 2 aromatic rings. The van der Waals surface area contributed by atoms with Crippen LogP contribution in [0.25, 0.3) is 0 Å². The largest absolute Gasteiger partial charge is 0.492 e. The molecular weight excluding hydrogens is 338 g/mol. The molecule has 0 bridgehead atoms. The number of ether oxygens (including phenoxy) is 1. The summed E-state index contributed by atoms with van der Waals surface area (Å²) in [5, 5.41) is 0. The Morgan fingerprint density at radius 3 is 2.35 bits per heavy atom. The second-order valence-electron chi connectivity index (χ2n) is 6.35. The first-order valence-corrected chi connectivity index (χ1v) is 8.69. The van der Waals surface area contributed by atoms with Gasteiger partial charge in [0.2, 0.25) is 0 Å². The average Bonchev–Trinajstić information content (AvgIpc) is 2.64. The highest BCUT2D eigenvalue weighted by atomic mass is 19.1. The Labute approximate surface area is 152 Å². The van der Waals surface area contributed by atoms with E-state index in [9.17, 15) is 13.6 Å². The summed E-state index contributed by atoms with van der Waals surface area (Å²) in [5.74, 6) is -0.123. The second-order valence-corrected chi connectivity index (χ2v) is 6.35. The van der Waals surface area contributed by atoms with E-state index in [1.54, 1.807) is 24.3 Å². The Balaban J connectivity index is 1.47. The lowest BCUT2D eigenvalue weighted by atomic mass is 10.1.